The molecule has 2 aromatic heterocycles. The lowest BCUT2D eigenvalue weighted by molar-refractivity contribution is -0.145. The van der Waals surface area contributed by atoms with Crippen LogP contribution in [0, 0.1) is 6.92 Å². The van der Waals surface area contributed by atoms with Crippen molar-refractivity contribution in [2.75, 3.05) is 13.7 Å². The Hall–Kier alpha value is -2.09. The van der Waals surface area contributed by atoms with E-state index < -0.39 is 6.04 Å². The molecule has 29 heavy (non-hydrogen) atoms. The number of aryl methyl sites for hydroxylation is 1. The van der Waals surface area contributed by atoms with Gasteiger partial charge < -0.3 is 9.64 Å². The summed E-state index contributed by atoms with van der Waals surface area (Å²) in [5.41, 5.74) is 1.73. The van der Waals surface area contributed by atoms with Crippen molar-refractivity contribution in [2.24, 2.45) is 0 Å². The number of aromatic nitrogens is 2. The third kappa shape index (κ3) is 3.74. The van der Waals surface area contributed by atoms with Crippen molar-refractivity contribution < 1.29 is 14.3 Å². The summed E-state index contributed by atoms with van der Waals surface area (Å²) < 4.78 is 6.70. The summed E-state index contributed by atoms with van der Waals surface area (Å²) in [6, 6.07) is 6.72. The third-order valence-electron chi connectivity index (χ3n) is 5.14. The molecule has 0 saturated carbocycles. The molecule has 0 N–H and O–H groups in total. The Bertz CT molecular complexity index is 1110. The van der Waals surface area contributed by atoms with Gasteiger partial charge in [0.05, 0.1) is 24.2 Å². The largest absolute Gasteiger partial charge is 0.467 e. The highest BCUT2D eigenvalue weighted by atomic mass is 35.5. The third-order valence-corrected chi connectivity index (χ3v) is 6.86. The van der Waals surface area contributed by atoms with E-state index in [0.29, 0.717) is 34.4 Å². The molecule has 1 amide bonds. The second-order valence-corrected chi connectivity index (χ2v) is 8.86. The van der Waals surface area contributed by atoms with Crippen molar-refractivity contribution in [3.05, 3.63) is 50.4 Å². The number of fused-ring (bicyclic) bond motifs is 1. The molecule has 3 heterocycles. The number of amides is 1. The number of hydrogen-bond acceptors (Lipinski definition) is 5. The zero-order chi connectivity index (χ0) is 20.7. The first-order valence-corrected chi connectivity index (χ1v) is 10.8. The SMILES string of the molecule is COC(=O)C1CCCN1C(=O)c1cc2c(C)nn(Cc3ccc(Cl)cc3Cl)c2s1. The number of carbonyl (C=O) groups excluding carboxylic acids is 2. The Labute approximate surface area is 181 Å². The predicted molar refractivity (Wildman–Crippen MR) is 114 cm³/mol. The summed E-state index contributed by atoms with van der Waals surface area (Å²) in [6.45, 7) is 2.94. The fourth-order valence-corrected chi connectivity index (χ4v) is 5.25. The highest BCUT2D eigenvalue weighted by Crippen LogP contribution is 2.32. The average molecular weight is 452 g/mol. The van der Waals surface area contributed by atoms with Crippen LogP contribution < -0.4 is 0 Å². The minimum absolute atomic E-state index is 0.144. The highest BCUT2D eigenvalue weighted by molar-refractivity contribution is 7.20. The Kier molecular flexibility index (Phi) is 5.55. The molecule has 0 aliphatic carbocycles. The van der Waals surface area contributed by atoms with Crippen molar-refractivity contribution >= 4 is 56.6 Å². The molecule has 1 unspecified atom stereocenters. The minimum atomic E-state index is -0.511. The fraction of sp³-hybridized carbons (Fsp3) is 0.350. The van der Waals surface area contributed by atoms with Crippen molar-refractivity contribution in [1.82, 2.24) is 14.7 Å². The van der Waals surface area contributed by atoms with Crippen LogP contribution in [-0.2, 0) is 16.1 Å². The average Bonchev–Trinajstić information content (AvgIpc) is 3.40. The second-order valence-electron chi connectivity index (χ2n) is 6.99. The first-order chi connectivity index (χ1) is 13.9. The maximum Gasteiger partial charge on any atom is 0.328 e. The first kappa shape index (κ1) is 20.2. The molecule has 1 aliphatic heterocycles. The molecule has 6 nitrogen and oxygen atoms in total. The van der Waals surface area contributed by atoms with Gasteiger partial charge >= 0.3 is 5.97 Å². The number of rotatable bonds is 4. The van der Waals surface area contributed by atoms with E-state index >= 15 is 0 Å². The van der Waals surface area contributed by atoms with Crippen molar-refractivity contribution in [2.45, 2.75) is 32.4 Å². The van der Waals surface area contributed by atoms with Crippen LogP contribution in [0.1, 0.15) is 33.8 Å². The summed E-state index contributed by atoms with van der Waals surface area (Å²) >= 11 is 13.7. The van der Waals surface area contributed by atoms with Crippen LogP contribution in [0.5, 0.6) is 0 Å². The minimum Gasteiger partial charge on any atom is -0.467 e. The molecule has 1 atom stereocenters. The van der Waals surface area contributed by atoms with Gasteiger partial charge in [0, 0.05) is 22.0 Å². The first-order valence-electron chi connectivity index (χ1n) is 9.18. The lowest BCUT2D eigenvalue weighted by Crippen LogP contribution is -2.40. The van der Waals surface area contributed by atoms with Gasteiger partial charge in [0.1, 0.15) is 10.9 Å². The molecule has 1 aliphatic rings. The normalized spacial score (nSPS) is 16.6. The summed E-state index contributed by atoms with van der Waals surface area (Å²) in [5, 5.41) is 6.68. The summed E-state index contributed by atoms with van der Waals surface area (Å²) in [6.07, 6.45) is 1.42. The van der Waals surface area contributed by atoms with Gasteiger partial charge in [0.15, 0.2) is 0 Å². The number of carbonyl (C=O) groups is 2. The van der Waals surface area contributed by atoms with Gasteiger partial charge in [-0.3, -0.25) is 9.48 Å². The van der Waals surface area contributed by atoms with Gasteiger partial charge in [-0.05, 0) is 43.5 Å². The molecule has 4 rings (SSSR count). The predicted octanol–water partition coefficient (Wildman–Crippen LogP) is 4.54. The van der Waals surface area contributed by atoms with Gasteiger partial charge in [-0.2, -0.15) is 5.10 Å². The maximum absolute atomic E-state index is 13.1. The molecule has 152 valence electrons. The molecule has 0 bridgehead atoms. The van der Waals surface area contributed by atoms with Crippen LogP contribution in [0.2, 0.25) is 10.0 Å². The molecule has 1 aromatic carbocycles. The molecular formula is C20H19Cl2N3O3S. The zero-order valence-electron chi connectivity index (χ0n) is 15.9. The molecule has 0 spiro atoms. The lowest BCUT2D eigenvalue weighted by Gasteiger charge is -2.21. The zero-order valence-corrected chi connectivity index (χ0v) is 18.3. The van der Waals surface area contributed by atoms with Gasteiger partial charge in [-0.1, -0.05) is 29.3 Å². The van der Waals surface area contributed by atoms with Crippen LogP contribution in [0.4, 0.5) is 0 Å². The van der Waals surface area contributed by atoms with Crippen molar-refractivity contribution in [3.8, 4) is 0 Å². The van der Waals surface area contributed by atoms with E-state index in [1.165, 1.54) is 18.4 Å². The van der Waals surface area contributed by atoms with Crippen LogP contribution in [0.3, 0.4) is 0 Å². The maximum atomic E-state index is 13.1. The number of ether oxygens (including phenoxy) is 1. The summed E-state index contributed by atoms with van der Waals surface area (Å²) in [4.78, 5) is 28.2. The molecule has 9 heteroatoms. The Morgan fingerprint density at radius 2 is 2.10 bits per heavy atom. The fourth-order valence-electron chi connectivity index (χ4n) is 3.67. The van der Waals surface area contributed by atoms with E-state index in [0.717, 1.165) is 27.9 Å². The number of benzene rings is 1. The monoisotopic (exact) mass is 451 g/mol. The summed E-state index contributed by atoms with van der Waals surface area (Å²) in [7, 11) is 1.35. The van der Waals surface area contributed by atoms with Crippen LogP contribution in [-0.4, -0.2) is 46.3 Å². The van der Waals surface area contributed by atoms with Gasteiger partial charge in [-0.25, -0.2) is 4.79 Å². The van der Waals surface area contributed by atoms with Gasteiger partial charge in [-0.15, -0.1) is 11.3 Å². The number of halogens is 2. The smallest absolute Gasteiger partial charge is 0.328 e. The van der Waals surface area contributed by atoms with E-state index in [2.05, 4.69) is 5.10 Å². The van der Waals surface area contributed by atoms with Crippen molar-refractivity contribution in [3.63, 3.8) is 0 Å². The number of likely N-dealkylation sites (tertiary alicyclic amines) is 1. The number of methoxy groups -OCH3 is 1. The van der Waals surface area contributed by atoms with E-state index in [4.69, 9.17) is 27.9 Å². The molecule has 1 saturated heterocycles. The number of nitrogens with zero attached hydrogens (tertiary/aromatic N) is 3. The van der Waals surface area contributed by atoms with Gasteiger partial charge in [0.25, 0.3) is 5.91 Å². The van der Waals surface area contributed by atoms with Crippen molar-refractivity contribution in [1.29, 1.82) is 0 Å². The molecule has 0 radical (unpaired) electrons. The van der Waals surface area contributed by atoms with Crippen LogP contribution in [0.15, 0.2) is 24.3 Å². The van der Waals surface area contributed by atoms with Crippen LogP contribution in [0.25, 0.3) is 10.2 Å². The van der Waals surface area contributed by atoms with E-state index in [1.807, 2.05) is 23.7 Å². The second kappa shape index (κ2) is 7.97. The standard InChI is InChI=1S/C20H19Cl2N3O3S/c1-11-14-9-17(18(26)24-7-3-4-16(24)20(27)28-2)29-19(14)25(23-11)10-12-5-6-13(21)8-15(12)22/h5-6,8-9,16H,3-4,7,10H2,1-2H3. The van der Waals surface area contributed by atoms with Gasteiger partial charge in [0.2, 0.25) is 0 Å². The molecule has 3 aromatic rings. The number of thiophene rings is 1. The Morgan fingerprint density at radius 1 is 1.31 bits per heavy atom. The lowest BCUT2D eigenvalue weighted by atomic mass is 10.2. The quantitative estimate of drug-likeness (QED) is 0.546. The van der Waals surface area contributed by atoms with E-state index in [-0.39, 0.29) is 11.9 Å². The topological polar surface area (TPSA) is 64.4 Å². The number of esters is 1. The van der Waals surface area contributed by atoms with Crippen LogP contribution >= 0.6 is 34.5 Å². The Morgan fingerprint density at radius 3 is 2.83 bits per heavy atom. The molecular weight excluding hydrogens is 433 g/mol. The Balaban J connectivity index is 1.65. The van der Waals surface area contributed by atoms with E-state index in [1.54, 1.807) is 17.0 Å². The summed E-state index contributed by atoms with van der Waals surface area (Å²) in [5.74, 6) is -0.508. The molecule has 1 fully saturated rings. The number of hydrogen-bond donors (Lipinski definition) is 0. The van der Waals surface area contributed by atoms with E-state index in [9.17, 15) is 9.59 Å². The highest BCUT2D eigenvalue weighted by Gasteiger charge is 2.36.